The average molecular weight is 457 g/mol. The number of benzene rings is 2. The van der Waals surface area contributed by atoms with Crippen LogP contribution >= 0.6 is 31.9 Å². The zero-order valence-corrected chi connectivity index (χ0v) is 16.0. The summed E-state index contributed by atoms with van der Waals surface area (Å²) in [5, 5.41) is 8.79. The van der Waals surface area contributed by atoms with Gasteiger partial charge in [0.05, 0.1) is 16.8 Å². The molecule has 0 fully saturated rings. The minimum Gasteiger partial charge on any atom is -0.494 e. The molecule has 7 heteroatoms. The summed E-state index contributed by atoms with van der Waals surface area (Å²) in [4.78, 5) is 15.1. The fourth-order valence-corrected chi connectivity index (χ4v) is 3.27. The largest absolute Gasteiger partial charge is 0.494 e. The second-order valence-electron chi connectivity index (χ2n) is 4.67. The molecule has 126 valence electrons. The molecule has 2 aromatic carbocycles. The van der Waals surface area contributed by atoms with Gasteiger partial charge in [0.1, 0.15) is 11.5 Å². The highest BCUT2D eigenvalue weighted by molar-refractivity contribution is 9.11. The zero-order valence-electron chi connectivity index (χ0n) is 12.8. The van der Waals surface area contributed by atoms with Gasteiger partial charge >= 0.3 is 5.97 Å². The molecule has 0 aliphatic rings. The van der Waals surface area contributed by atoms with Gasteiger partial charge in [-0.2, -0.15) is 0 Å². The monoisotopic (exact) mass is 455 g/mol. The molecule has 0 atom stereocenters. The van der Waals surface area contributed by atoms with Gasteiger partial charge in [0.25, 0.3) is 0 Å². The summed E-state index contributed by atoms with van der Waals surface area (Å²) in [7, 11) is 0. The van der Waals surface area contributed by atoms with Crippen molar-refractivity contribution in [1.29, 1.82) is 0 Å². The van der Waals surface area contributed by atoms with E-state index in [1.54, 1.807) is 18.3 Å². The van der Waals surface area contributed by atoms with Gasteiger partial charge in [-0.05, 0) is 59.3 Å². The Labute approximate surface area is 156 Å². The van der Waals surface area contributed by atoms with Crippen LogP contribution in [0.2, 0.25) is 0 Å². The highest BCUT2D eigenvalue weighted by atomic mass is 79.9. The summed E-state index contributed by atoms with van der Waals surface area (Å²) < 4.78 is 12.2. The van der Waals surface area contributed by atoms with Crippen LogP contribution in [0.1, 0.15) is 12.5 Å². The van der Waals surface area contributed by atoms with Crippen molar-refractivity contribution in [2.45, 2.75) is 6.92 Å². The van der Waals surface area contributed by atoms with E-state index in [0.717, 1.165) is 15.9 Å². The van der Waals surface area contributed by atoms with Crippen LogP contribution in [0.3, 0.4) is 0 Å². The number of carbonyl (C=O) groups is 1. The van der Waals surface area contributed by atoms with E-state index >= 15 is 0 Å². The Morgan fingerprint density at radius 1 is 1.21 bits per heavy atom. The molecule has 2 rings (SSSR count). The Morgan fingerprint density at radius 3 is 2.54 bits per heavy atom. The van der Waals surface area contributed by atoms with Crippen molar-refractivity contribution >= 4 is 49.7 Å². The van der Waals surface area contributed by atoms with Crippen molar-refractivity contribution < 1.29 is 19.4 Å². The van der Waals surface area contributed by atoms with Crippen LogP contribution in [-0.4, -0.2) is 30.5 Å². The number of carboxylic acids is 1. The fourth-order valence-electron chi connectivity index (χ4n) is 1.90. The van der Waals surface area contributed by atoms with Gasteiger partial charge in [-0.1, -0.05) is 15.9 Å². The molecule has 5 nitrogen and oxygen atoms in total. The van der Waals surface area contributed by atoms with E-state index in [1.807, 2.05) is 31.2 Å². The minimum absolute atomic E-state index is 0.426. The number of ether oxygens (including phenoxy) is 2. The maximum atomic E-state index is 10.7. The van der Waals surface area contributed by atoms with Gasteiger partial charge in [-0.3, -0.25) is 4.99 Å². The van der Waals surface area contributed by atoms with Crippen molar-refractivity contribution in [3.8, 4) is 11.5 Å². The predicted molar refractivity (Wildman–Crippen MR) is 99.8 cm³/mol. The molecule has 0 unspecified atom stereocenters. The Morgan fingerprint density at radius 2 is 1.92 bits per heavy atom. The van der Waals surface area contributed by atoms with Crippen LogP contribution in [0, 0.1) is 0 Å². The van der Waals surface area contributed by atoms with Crippen LogP contribution in [0.4, 0.5) is 5.69 Å². The number of halogens is 2. The van der Waals surface area contributed by atoms with Gasteiger partial charge in [0, 0.05) is 16.3 Å². The smallest absolute Gasteiger partial charge is 0.341 e. The minimum atomic E-state index is -1.04. The standard InChI is InChI=1S/C17H15Br2NO4/c1-2-23-14-5-3-13(4-6-14)20-9-11-7-12(18)8-15(19)17(11)24-10-16(21)22/h3-9H,2,10H2,1H3,(H,21,22). The van der Waals surface area contributed by atoms with Crippen molar-refractivity contribution in [2.75, 3.05) is 13.2 Å². The van der Waals surface area contributed by atoms with Crippen LogP contribution in [0.15, 0.2) is 50.3 Å². The lowest BCUT2D eigenvalue weighted by atomic mass is 10.2. The van der Waals surface area contributed by atoms with Crippen LogP contribution in [-0.2, 0) is 4.79 Å². The first-order valence-corrected chi connectivity index (χ1v) is 8.68. The van der Waals surface area contributed by atoms with Crippen LogP contribution in [0.5, 0.6) is 11.5 Å². The first-order chi connectivity index (χ1) is 11.5. The Kier molecular flexibility index (Phi) is 6.81. The van der Waals surface area contributed by atoms with Gasteiger partial charge < -0.3 is 14.6 Å². The molecule has 0 heterocycles. The Hall–Kier alpha value is -1.86. The number of aliphatic carboxylic acids is 1. The molecular weight excluding hydrogens is 442 g/mol. The molecule has 0 spiro atoms. The molecule has 0 radical (unpaired) electrons. The van der Waals surface area contributed by atoms with E-state index in [4.69, 9.17) is 14.6 Å². The molecule has 0 amide bonds. The summed E-state index contributed by atoms with van der Waals surface area (Å²) in [6.07, 6.45) is 1.63. The SMILES string of the molecule is CCOc1ccc(N=Cc2cc(Br)cc(Br)c2OCC(=O)O)cc1. The first-order valence-electron chi connectivity index (χ1n) is 7.10. The van der Waals surface area contributed by atoms with E-state index in [9.17, 15) is 4.79 Å². The summed E-state index contributed by atoms with van der Waals surface area (Å²) in [5.74, 6) is 0.168. The lowest BCUT2D eigenvalue weighted by molar-refractivity contribution is -0.139. The third-order valence-corrected chi connectivity index (χ3v) is 3.92. The van der Waals surface area contributed by atoms with Crippen molar-refractivity contribution in [3.63, 3.8) is 0 Å². The summed E-state index contributed by atoms with van der Waals surface area (Å²) in [6, 6.07) is 11.0. The second kappa shape index (κ2) is 8.84. The summed E-state index contributed by atoms with van der Waals surface area (Å²) in [6.45, 7) is 2.11. The maximum absolute atomic E-state index is 10.7. The molecule has 0 aromatic heterocycles. The Bertz CT molecular complexity index is 745. The highest BCUT2D eigenvalue weighted by Gasteiger charge is 2.10. The summed E-state index contributed by atoms with van der Waals surface area (Å²) >= 11 is 6.78. The number of aliphatic imine (C=N–C) groups is 1. The molecule has 24 heavy (non-hydrogen) atoms. The molecule has 0 saturated carbocycles. The van der Waals surface area contributed by atoms with E-state index in [2.05, 4.69) is 36.9 Å². The first kappa shape index (κ1) is 18.5. The number of hydrogen-bond acceptors (Lipinski definition) is 4. The molecule has 0 aliphatic heterocycles. The topological polar surface area (TPSA) is 68.1 Å². The lowest BCUT2D eigenvalue weighted by Crippen LogP contribution is -2.11. The Balaban J connectivity index is 2.25. The zero-order chi connectivity index (χ0) is 17.5. The van der Waals surface area contributed by atoms with E-state index in [-0.39, 0.29) is 0 Å². The maximum Gasteiger partial charge on any atom is 0.341 e. The fraction of sp³-hybridized carbons (Fsp3) is 0.176. The number of hydrogen-bond donors (Lipinski definition) is 1. The normalized spacial score (nSPS) is 10.8. The molecule has 0 aliphatic carbocycles. The van der Waals surface area contributed by atoms with Gasteiger partial charge in [-0.15, -0.1) is 0 Å². The van der Waals surface area contributed by atoms with Gasteiger partial charge in [-0.25, -0.2) is 4.79 Å². The third-order valence-electron chi connectivity index (χ3n) is 2.88. The van der Waals surface area contributed by atoms with Gasteiger partial charge in [0.15, 0.2) is 6.61 Å². The molecule has 2 aromatic rings. The third kappa shape index (κ3) is 5.35. The van der Waals surface area contributed by atoms with Crippen LogP contribution in [0.25, 0.3) is 0 Å². The molecular formula is C17H15Br2NO4. The number of rotatable bonds is 7. The van der Waals surface area contributed by atoms with Crippen molar-refractivity contribution in [1.82, 2.24) is 0 Å². The molecule has 1 N–H and O–H groups in total. The second-order valence-corrected chi connectivity index (χ2v) is 6.44. The predicted octanol–water partition coefficient (Wildman–Crippen LogP) is 4.82. The van der Waals surface area contributed by atoms with Gasteiger partial charge in [0.2, 0.25) is 0 Å². The quantitative estimate of drug-likeness (QED) is 0.606. The van der Waals surface area contributed by atoms with Crippen molar-refractivity contribution in [2.24, 2.45) is 4.99 Å². The molecule has 0 saturated heterocycles. The summed E-state index contributed by atoms with van der Waals surface area (Å²) in [5.41, 5.74) is 1.41. The van der Waals surface area contributed by atoms with E-state index in [1.165, 1.54) is 0 Å². The highest BCUT2D eigenvalue weighted by Crippen LogP contribution is 2.32. The van der Waals surface area contributed by atoms with Crippen molar-refractivity contribution in [3.05, 3.63) is 50.9 Å². The van der Waals surface area contributed by atoms with E-state index < -0.39 is 12.6 Å². The molecule has 0 bridgehead atoms. The lowest BCUT2D eigenvalue weighted by Gasteiger charge is -2.10. The van der Waals surface area contributed by atoms with Crippen LogP contribution < -0.4 is 9.47 Å². The van der Waals surface area contributed by atoms with E-state index in [0.29, 0.717) is 22.4 Å². The number of carboxylic acid groups (broad SMARTS) is 1. The number of nitrogens with zero attached hydrogens (tertiary/aromatic N) is 1. The average Bonchev–Trinajstić information content (AvgIpc) is 2.53.